The summed E-state index contributed by atoms with van der Waals surface area (Å²) in [4.78, 5) is 28.8. The number of hydrogen-bond acceptors (Lipinski definition) is 7. The van der Waals surface area contributed by atoms with Crippen molar-refractivity contribution in [3.05, 3.63) is 92.3 Å². The quantitative estimate of drug-likeness (QED) is 0.352. The third kappa shape index (κ3) is 3.22. The number of nitrogens with one attached hydrogen (secondary N) is 1. The first-order chi connectivity index (χ1) is 15.9. The number of rotatable bonds is 3. The number of carbonyl (C=O) groups excluding carboxylic acids is 1. The van der Waals surface area contributed by atoms with Gasteiger partial charge in [-0.05, 0) is 36.5 Å². The molecule has 5 rings (SSSR count). The van der Waals surface area contributed by atoms with Crippen LogP contribution in [0.3, 0.4) is 0 Å². The normalized spacial score (nSPS) is 16.2. The number of carbonyl (C=O) groups is 1. The highest BCUT2D eigenvalue weighted by Crippen LogP contribution is 2.49. The number of fused-ring (bicyclic) bond motifs is 4. The third-order valence-corrected chi connectivity index (χ3v) is 6.37. The van der Waals surface area contributed by atoms with Crippen LogP contribution in [0.1, 0.15) is 35.2 Å². The molecule has 3 aromatic rings. The Morgan fingerprint density at radius 3 is 2.76 bits per heavy atom. The van der Waals surface area contributed by atoms with Gasteiger partial charge in [0.2, 0.25) is 0 Å². The summed E-state index contributed by atoms with van der Waals surface area (Å²) < 4.78 is 5.08. The fourth-order valence-electron chi connectivity index (χ4n) is 4.91. The standard InChI is InChI=1S/C25H22N4O4/c1-13-19(25(30)33-2)20(15-7-5-8-16(12-15)29(31)32)22-23(26)21-17-9-4-3-6-14(17)10-11-18(21)28-24(22)27-13/h3-9,12,20H,10-11H2,1-2H3,(H3,26,27,28). The monoisotopic (exact) mass is 442 g/mol. The molecule has 8 nitrogen and oxygen atoms in total. The van der Waals surface area contributed by atoms with Crippen molar-refractivity contribution in [3.63, 3.8) is 0 Å². The van der Waals surface area contributed by atoms with Crippen LogP contribution in [0.4, 0.5) is 17.2 Å². The summed E-state index contributed by atoms with van der Waals surface area (Å²) in [5, 5.41) is 14.7. The Hall–Kier alpha value is -4.20. The lowest BCUT2D eigenvalue weighted by Crippen LogP contribution is -2.27. The van der Waals surface area contributed by atoms with E-state index in [-0.39, 0.29) is 5.69 Å². The number of pyridine rings is 1. The number of esters is 1. The van der Waals surface area contributed by atoms with Crippen molar-refractivity contribution in [2.24, 2.45) is 0 Å². The van der Waals surface area contributed by atoms with Gasteiger partial charge in [0.25, 0.3) is 5.69 Å². The molecule has 166 valence electrons. The van der Waals surface area contributed by atoms with Gasteiger partial charge in [0.15, 0.2) is 0 Å². The van der Waals surface area contributed by atoms with Crippen molar-refractivity contribution < 1.29 is 14.5 Å². The second-order valence-electron chi connectivity index (χ2n) is 8.21. The molecule has 2 heterocycles. The number of benzene rings is 2. The van der Waals surface area contributed by atoms with E-state index < -0.39 is 16.8 Å². The van der Waals surface area contributed by atoms with Crippen molar-refractivity contribution in [1.82, 2.24) is 4.98 Å². The molecule has 33 heavy (non-hydrogen) atoms. The van der Waals surface area contributed by atoms with Crippen LogP contribution in [0.2, 0.25) is 0 Å². The lowest BCUT2D eigenvalue weighted by atomic mass is 9.78. The van der Waals surface area contributed by atoms with Gasteiger partial charge in [-0.2, -0.15) is 0 Å². The summed E-state index contributed by atoms with van der Waals surface area (Å²) in [5.41, 5.74) is 13.4. The number of nitro groups is 1. The molecule has 0 saturated heterocycles. The molecular formula is C25H22N4O4. The Balaban J connectivity index is 1.81. The first-order valence-corrected chi connectivity index (χ1v) is 10.6. The van der Waals surface area contributed by atoms with E-state index in [1.165, 1.54) is 24.8 Å². The van der Waals surface area contributed by atoms with Crippen LogP contribution in [0, 0.1) is 10.1 Å². The van der Waals surface area contributed by atoms with Crippen molar-refractivity contribution in [2.75, 3.05) is 18.2 Å². The molecule has 3 N–H and O–H groups in total. The average molecular weight is 442 g/mol. The van der Waals surface area contributed by atoms with Gasteiger partial charge in [0, 0.05) is 40.6 Å². The molecule has 1 atom stereocenters. The Bertz CT molecular complexity index is 1360. The molecule has 0 fully saturated rings. The predicted octanol–water partition coefficient (Wildman–Crippen LogP) is 4.34. The summed E-state index contributed by atoms with van der Waals surface area (Å²) in [7, 11) is 1.31. The first kappa shape index (κ1) is 20.7. The maximum atomic E-state index is 12.9. The van der Waals surface area contributed by atoms with E-state index in [0.29, 0.717) is 33.9 Å². The minimum absolute atomic E-state index is 0.0655. The lowest BCUT2D eigenvalue weighted by molar-refractivity contribution is -0.384. The molecule has 8 heteroatoms. The summed E-state index contributed by atoms with van der Waals surface area (Å²) in [6.07, 6.45) is 1.62. The summed E-state index contributed by atoms with van der Waals surface area (Å²) in [6, 6.07) is 14.3. The number of nitrogens with two attached hydrogens (primary N) is 1. The topological polar surface area (TPSA) is 120 Å². The van der Waals surface area contributed by atoms with Crippen LogP contribution < -0.4 is 11.1 Å². The van der Waals surface area contributed by atoms with Crippen molar-refractivity contribution in [1.29, 1.82) is 0 Å². The third-order valence-electron chi connectivity index (χ3n) is 6.37. The Labute approximate surface area is 190 Å². The number of nitrogen functional groups attached to an aromatic ring is 1. The molecule has 2 aromatic carbocycles. The van der Waals surface area contributed by atoms with E-state index in [1.807, 2.05) is 18.2 Å². The largest absolute Gasteiger partial charge is 0.466 e. The number of anilines is 2. The molecule has 0 spiro atoms. The SMILES string of the molecule is COC(=O)C1=C(C)Nc2nc3c(c(N)c2C1c1cccc([N+](=O)[O-])c1)-c1ccccc1CC3. The number of non-ortho nitro benzene ring substituents is 1. The highest BCUT2D eigenvalue weighted by molar-refractivity contribution is 5.97. The van der Waals surface area contributed by atoms with E-state index >= 15 is 0 Å². The molecule has 1 unspecified atom stereocenters. The van der Waals surface area contributed by atoms with E-state index in [1.54, 1.807) is 19.1 Å². The fraction of sp³-hybridized carbons (Fsp3) is 0.200. The number of hydrogen-bond donors (Lipinski definition) is 2. The number of nitro benzene ring substituents is 1. The second kappa shape index (κ2) is 7.74. The molecule has 0 amide bonds. The zero-order valence-electron chi connectivity index (χ0n) is 18.2. The Morgan fingerprint density at radius 1 is 1.21 bits per heavy atom. The van der Waals surface area contributed by atoms with E-state index in [2.05, 4.69) is 11.4 Å². The lowest BCUT2D eigenvalue weighted by Gasteiger charge is -2.33. The maximum absolute atomic E-state index is 12.9. The fourth-order valence-corrected chi connectivity index (χ4v) is 4.91. The van der Waals surface area contributed by atoms with Gasteiger partial charge in [-0.25, -0.2) is 9.78 Å². The van der Waals surface area contributed by atoms with Crippen LogP contribution in [0.5, 0.6) is 0 Å². The van der Waals surface area contributed by atoms with Gasteiger partial charge >= 0.3 is 5.97 Å². The number of nitrogens with zero attached hydrogens (tertiary/aromatic N) is 2. The molecule has 2 aliphatic rings. The highest BCUT2D eigenvalue weighted by Gasteiger charge is 2.38. The van der Waals surface area contributed by atoms with Crippen LogP contribution in [-0.4, -0.2) is 23.0 Å². The highest BCUT2D eigenvalue weighted by atomic mass is 16.6. The zero-order chi connectivity index (χ0) is 23.3. The van der Waals surface area contributed by atoms with Crippen LogP contribution in [0.25, 0.3) is 11.1 Å². The summed E-state index contributed by atoms with van der Waals surface area (Å²) >= 11 is 0. The average Bonchev–Trinajstić information content (AvgIpc) is 2.82. The minimum atomic E-state index is -0.666. The first-order valence-electron chi connectivity index (χ1n) is 10.6. The van der Waals surface area contributed by atoms with Crippen molar-refractivity contribution in [3.8, 4) is 11.1 Å². The summed E-state index contributed by atoms with van der Waals surface area (Å²) in [6.45, 7) is 1.77. The van der Waals surface area contributed by atoms with Crippen LogP contribution in [0.15, 0.2) is 59.8 Å². The number of ether oxygens (including phenoxy) is 1. The predicted molar refractivity (Wildman–Crippen MR) is 125 cm³/mol. The van der Waals surface area contributed by atoms with Crippen molar-refractivity contribution >= 4 is 23.2 Å². The van der Waals surface area contributed by atoms with Gasteiger partial charge in [-0.3, -0.25) is 10.1 Å². The number of methoxy groups -OCH3 is 1. The smallest absolute Gasteiger partial charge is 0.336 e. The van der Waals surface area contributed by atoms with Gasteiger partial charge < -0.3 is 15.8 Å². The maximum Gasteiger partial charge on any atom is 0.336 e. The second-order valence-corrected chi connectivity index (χ2v) is 8.21. The molecule has 0 bridgehead atoms. The number of allylic oxidation sites excluding steroid dienone is 1. The van der Waals surface area contributed by atoms with Crippen LogP contribution in [-0.2, 0) is 22.4 Å². The molecular weight excluding hydrogens is 420 g/mol. The van der Waals surface area contributed by atoms with Crippen molar-refractivity contribution in [2.45, 2.75) is 25.7 Å². The van der Waals surface area contributed by atoms with Gasteiger partial charge in [0.1, 0.15) is 5.82 Å². The molecule has 1 aliphatic carbocycles. The molecule has 1 aromatic heterocycles. The van der Waals surface area contributed by atoms with E-state index in [0.717, 1.165) is 29.7 Å². The molecule has 0 radical (unpaired) electrons. The number of aromatic nitrogens is 1. The van der Waals surface area contributed by atoms with E-state index in [4.69, 9.17) is 15.5 Å². The van der Waals surface area contributed by atoms with E-state index in [9.17, 15) is 14.9 Å². The van der Waals surface area contributed by atoms with Gasteiger partial charge in [0.05, 0.1) is 23.3 Å². The van der Waals surface area contributed by atoms with Gasteiger partial charge in [-0.15, -0.1) is 0 Å². The van der Waals surface area contributed by atoms with Crippen LogP contribution >= 0.6 is 0 Å². The van der Waals surface area contributed by atoms with Gasteiger partial charge in [-0.1, -0.05) is 36.4 Å². The number of aryl methyl sites for hydroxylation is 2. The Kier molecular flexibility index (Phi) is 4.85. The minimum Gasteiger partial charge on any atom is -0.466 e. The molecule has 0 saturated carbocycles. The molecule has 1 aliphatic heterocycles. The Morgan fingerprint density at radius 2 is 2.00 bits per heavy atom. The summed E-state index contributed by atoms with van der Waals surface area (Å²) in [5.74, 6) is -0.632. The zero-order valence-corrected chi connectivity index (χ0v) is 18.2.